The van der Waals surface area contributed by atoms with E-state index in [0.717, 1.165) is 30.0 Å². The minimum absolute atomic E-state index is 0.142. The van der Waals surface area contributed by atoms with Crippen LogP contribution in [0.1, 0.15) is 38.3 Å². The topological polar surface area (TPSA) is 50.7 Å². The number of aliphatic hydroxyl groups is 1. The summed E-state index contributed by atoms with van der Waals surface area (Å²) in [6, 6.07) is 6.10. The minimum Gasteiger partial charge on any atom is -0.497 e. The minimum atomic E-state index is 0.142. The molecule has 19 heavy (non-hydrogen) atoms. The molecule has 2 N–H and O–H groups in total. The molecule has 0 saturated carbocycles. The lowest BCUT2D eigenvalue weighted by atomic mass is 10.1. The summed E-state index contributed by atoms with van der Waals surface area (Å²) in [7, 11) is 1.64. The Labute approximate surface area is 115 Å². The lowest BCUT2D eigenvalue weighted by molar-refractivity contribution is 0.231. The van der Waals surface area contributed by atoms with Gasteiger partial charge in [0.2, 0.25) is 0 Å². The van der Waals surface area contributed by atoms with Crippen LogP contribution in [0.5, 0.6) is 11.5 Å². The highest BCUT2D eigenvalue weighted by molar-refractivity contribution is 5.42. The van der Waals surface area contributed by atoms with Crippen molar-refractivity contribution in [3.8, 4) is 11.5 Å². The normalized spacial score (nSPS) is 12.2. The Hall–Kier alpha value is -1.26. The zero-order valence-corrected chi connectivity index (χ0v) is 12.1. The van der Waals surface area contributed by atoms with Gasteiger partial charge in [-0.05, 0) is 26.0 Å². The summed E-state index contributed by atoms with van der Waals surface area (Å²) < 4.78 is 11.0. The average molecular weight is 267 g/mol. The van der Waals surface area contributed by atoms with E-state index in [0.29, 0.717) is 13.0 Å². The smallest absolute Gasteiger partial charge is 0.127 e. The second-order valence-corrected chi connectivity index (χ2v) is 4.51. The maximum absolute atomic E-state index is 8.82. The molecule has 4 heteroatoms. The number of hydrogen-bond donors (Lipinski definition) is 2. The number of hydrogen-bond acceptors (Lipinski definition) is 4. The van der Waals surface area contributed by atoms with E-state index in [1.54, 1.807) is 7.11 Å². The molecule has 1 aromatic carbocycles. The number of aliphatic hydroxyl groups excluding tert-OH is 1. The summed E-state index contributed by atoms with van der Waals surface area (Å²) in [5, 5.41) is 12.3. The number of benzene rings is 1. The summed E-state index contributed by atoms with van der Waals surface area (Å²) in [5.74, 6) is 1.61. The van der Waals surface area contributed by atoms with Crippen molar-refractivity contribution in [3.05, 3.63) is 23.8 Å². The van der Waals surface area contributed by atoms with E-state index >= 15 is 0 Å². The number of ether oxygens (including phenoxy) is 2. The molecule has 0 aliphatic heterocycles. The third-order valence-electron chi connectivity index (χ3n) is 2.95. The van der Waals surface area contributed by atoms with E-state index in [1.807, 2.05) is 18.2 Å². The Kier molecular flexibility index (Phi) is 7.30. The third-order valence-corrected chi connectivity index (χ3v) is 2.95. The lowest BCUT2D eigenvalue weighted by Gasteiger charge is -2.19. The van der Waals surface area contributed by atoms with E-state index in [9.17, 15) is 0 Å². The SMILES string of the molecule is CCCNC(C)c1ccc(OC)cc1OCCCO. The zero-order valence-electron chi connectivity index (χ0n) is 12.1. The molecule has 0 saturated heterocycles. The quantitative estimate of drug-likeness (QED) is 0.675. The van der Waals surface area contributed by atoms with E-state index < -0.39 is 0 Å². The molecule has 4 nitrogen and oxygen atoms in total. The van der Waals surface area contributed by atoms with Crippen molar-refractivity contribution in [3.63, 3.8) is 0 Å². The summed E-state index contributed by atoms with van der Waals surface area (Å²) in [6.45, 7) is 5.89. The van der Waals surface area contributed by atoms with Gasteiger partial charge < -0.3 is 19.9 Å². The largest absolute Gasteiger partial charge is 0.497 e. The van der Waals surface area contributed by atoms with Crippen LogP contribution in [0.25, 0.3) is 0 Å². The number of nitrogens with one attached hydrogen (secondary N) is 1. The fourth-order valence-electron chi connectivity index (χ4n) is 1.84. The molecule has 0 radical (unpaired) electrons. The first-order valence-corrected chi connectivity index (χ1v) is 6.87. The van der Waals surface area contributed by atoms with Crippen LogP contribution in [0, 0.1) is 0 Å². The Morgan fingerprint density at radius 1 is 1.37 bits per heavy atom. The highest BCUT2D eigenvalue weighted by atomic mass is 16.5. The van der Waals surface area contributed by atoms with Gasteiger partial charge in [-0.15, -0.1) is 0 Å². The molecule has 108 valence electrons. The van der Waals surface area contributed by atoms with Gasteiger partial charge in [-0.25, -0.2) is 0 Å². The molecule has 0 aliphatic rings. The fraction of sp³-hybridized carbons (Fsp3) is 0.600. The van der Waals surface area contributed by atoms with Crippen molar-refractivity contribution in [1.29, 1.82) is 0 Å². The van der Waals surface area contributed by atoms with Gasteiger partial charge in [-0.2, -0.15) is 0 Å². The fourth-order valence-corrected chi connectivity index (χ4v) is 1.84. The first-order chi connectivity index (χ1) is 9.22. The van der Waals surface area contributed by atoms with Gasteiger partial charge in [-0.1, -0.05) is 13.0 Å². The van der Waals surface area contributed by atoms with Gasteiger partial charge in [0.15, 0.2) is 0 Å². The first-order valence-electron chi connectivity index (χ1n) is 6.87. The van der Waals surface area contributed by atoms with Crippen LogP contribution in [0.4, 0.5) is 0 Å². The molecule has 0 aromatic heterocycles. The van der Waals surface area contributed by atoms with Gasteiger partial charge in [0.1, 0.15) is 11.5 Å². The molecule has 0 bridgehead atoms. The van der Waals surface area contributed by atoms with Crippen molar-refractivity contribution < 1.29 is 14.6 Å². The average Bonchev–Trinajstić information content (AvgIpc) is 2.44. The summed E-state index contributed by atoms with van der Waals surface area (Å²) >= 11 is 0. The Morgan fingerprint density at radius 3 is 2.79 bits per heavy atom. The van der Waals surface area contributed by atoms with Gasteiger partial charge in [0.05, 0.1) is 13.7 Å². The van der Waals surface area contributed by atoms with E-state index in [1.165, 1.54) is 0 Å². The molecule has 0 amide bonds. The van der Waals surface area contributed by atoms with E-state index in [-0.39, 0.29) is 12.6 Å². The Bertz CT molecular complexity index is 368. The predicted molar refractivity (Wildman–Crippen MR) is 76.9 cm³/mol. The van der Waals surface area contributed by atoms with Crippen LogP contribution < -0.4 is 14.8 Å². The van der Waals surface area contributed by atoms with Gasteiger partial charge in [-0.3, -0.25) is 0 Å². The highest BCUT2D eigenvalue weighted by Crippen LogP contribution is 2.29. The highest BCUT2D eigenvalue weighted by Gasteiger charge is 2.12. The number of methoxy groups -OCH3 is 1. The summed E-state index contributed by atoms with van der Waals surface area (Å²) in [5.41, 5.74) is 1.12. The standard InChI is InChI=1S/C15H25NO3/c1-4-8-16-12(2)14-7-6-13(18-3)11-15(14)19-10-5-9-17/h6-7,11-12,16-17H,4-5,8-10H2,1-3H3. The van der Waals surface area contributed by atoms with Crippen LogP contribution in [0.15, 0.2) is 18.2 Å². The lowest BCUT2D eigenvalue weighted by Crippen LogP contribution is -2.20. The second-order valence-electron chi connectivity index (χ2n) is 4.51. The van der Waals surface area contributed by atoms with Crippen LogP contribution >= 0.6 is 0 Å². The van der Waals surface area contributed by atoms with Crippen molar-refractivity contribution in [2.75, 3.05) is 26.9 Å². The molecule has 0 aliphatic carbocycles. The number of rotatable bonds is 9. The van der Waals surface area contributed by atoms with E-state index in [4.69, 9.17) is 14.6 Å². The van der Waals surface area contributed by atoms with Crippen molar-refractivity contribution >= 4 is 0 Å². The zero-order chi connectivity index (χ0) is 14.1. The molecular weight excluding hydrogens is 242 g/mol. The molecule has 1 aromatic rings. The van der Waals surface area contributed by atoms with E-state index in [2.05, 4.69) is 19.2 Å². The molecule has 1 rings (SSSR count). The molecule has 0 heterocycles. The maximum Gasteiger partial charge on any atom is 0.127 e. The van der Waals surface area contributed by atoms with Crippen LogP contribution in [0.2, 0.25) is 0 Å². The Morgan fingerprint density at radius 2 is 2.16 bits per heavy atom. The third kappa shape index (κ3) is 5.09. The maximum atomic E-state index is 8.82. The van der Waals surface area contributed by atoms with Crippen LogP contribution in [0.3, 0.4) is 0 Å². The monoisotopic (exact) mass is 267 g/mol. The Balaban J connectivity index is 2.81. The molecule has 1 unspecified atom stereocenters. The van der Waals surface area contributed by atoms with Crippen molar-refractivity contribution in [1.82, 2.24) is 5.32 Å². The van der Waals surface area contributed by atoms with Gasteiger partial charge in [0.25, 0.3) is 0 Å². The van der Waals surface area contributed by atoms with Gasteiger partial charge >= 0.3 is 0 Å². The predicted octanol–water partition coefficient (Wildman–Crippen LogP) is 2.52. The second kappa shape index (κ2) is 8.77. The van der Waals surface area contributed by atoms with Gasteiger partial charge in [0, 0.05) is 30.7 Å². The first kappa shape index (κ1) is 15.8. The van der Waals surface area contributed by atoms with Crippen LogP contribution in [-0.4, -0.2) is 32.0 Å². The summed E-state index contributed by atoms with van der Waals surface area (Å²) in [6.07, 6.45) is 1.73. The molecule has 1 atom stereocenters. The molecule has 0 spiro atoms. The molecule has 0 fully saturated rings. The van der Waals surface area contributed by atoms with Crippen molar-refractivity contribution in [2.24, 2.45) is 0 Å². The molecular formula is C15H25NO3. The van der Waals surface area contributed by atoms with Crippen LogP contribution in [-0.2, 0) is 0 Å². The summed E-state index contributed by atoms with van der Waals surface area (Å²) in [4.78, 5) is 0. The van der Waals surface area contributed by atoms with Crippen molar-refractivity contribution in [2.45, 2.75) is 32.7 Å².